The summed E-state index contributed by atoms with van der Waals surface area (Å²) in [6.07, 6.45) is -4.00. The molecule has 0 aliphatic heterocycles. The van der Waals surface area contributed by atoms with Crippen LogP contribution in [-0.2, 0) is 12.6 Å². The molecule has 0 bridgehead atoms. The first-order valence-electron chi connectivity index (χ1n) is 6.26. The molecule has 0 atom stereocenters. The van der Waals surface area contributed by atoms with E-state index in [1.807, 2.05) is 24.3 Å². The summed E-state index contributed by atoms with van der Waals surface area (Å²) in [7, 11) is 0. The van der Waals surface area contributed by atoms with Crippen LogP contribution in [0.5, 0.6) is 0 Å². The molecule has 1 heterocycles. The molecule has 1 aromatic heterocycles. The maximum absolute atomic E-state index is 12.7. The zero-order valence-electron chi connectivity index (χ0n) is 10.7. The van der Waals surface area contributed by atoms with Gasteiger partial charge in [0.2, 0.25) is 0 Å². The summed E-state index contributed by atoms with van der Waals surface area (Å²) in [6, 6.07) is 12.8. The smallest absolute Gasteiger partial charge is 0.416 e. The predicted octanol–water partition coefficient (Wildman–Crippen LogP) is 5.80. The first-order valence-corrected chi connectivity index (χ1v) is 7.06. The van der Waals surface area contributed by atoms with Crippen LogP contribution in [0.15, 0.2) is 57.4 Å². The number of para-hydroxylation sites is 1. The van der Waals surface area contributed by atoms with E-state index in [4.69, 9.17) is 4.42 Å². The predicted molar refractivity (Wildman–Crippen MR) is 78.2 cm³/mol. The average Bonchev–Trinajstić information content (AvgIpc) is 2.82. The number of benzene rings is 2. The van der Waals surface area contributed by atoms with E-state index in [-0.39, 0.29) is 0 Å². The van der Waals surface area contributed by atoms with Gasteiger partial charge in [0, 0.05) is 11.8 Å². The largest absolute Gasteiger partial charge is 0.460 e. The first kappa shape index (κ1) is 14.2. The molecule has 0 saturated carbocycles. The summed E-state index contributed by atoms with van der Waals surface area (Å²) < 4.78 is 44.6. The highest BCUT2D eigenvalue weighted by atomic mass is 79.9. The van der Waals surface area contributed by atoms with Crippen molar-refractivity contribution in [2.45, 2.75) is 12.6 Å². The number of hydrogen-bond donors (Lipinski definition) is 0. The Hall–Kier alpha value is -1.75. The monoisotopic (exact) mass is 354 g/mol. The van der Waals surface area contributed by atoms with Crippen molar-refractivity contribution in [3.8, 4) is 0 Å². The molecule has 5 heteroatoms. The van der Waals surface area contributed by atoms with E-state index in [9.17, 15) is 13.2 Å². The van der Waals surface area contributed by atoms with E-state index in [0.717, 1.165) is 22.0 Å². The molecule has 0 amide bonds. The van der Waals surface area contributed by atoms with E-state index in [1.165, 1.54) is 6.07 Å². The quantitative estimate of drug-likeness (QED) is 0.566. The first-order chi connectivity index (χ1) is 9.93. The van der Waals surface area contributed by atoms with Gasteiger partial charge >= 0.3 is 6.18 Å². The lowest BCUT2D eigenvalue weighted by Crippen LogP contribution is -2.05. The summed E-state index contributed by atoms with van der Waals surface area (Å²) in [5.41, 5.74) is 0.636. The Morgan fingerprint density at radius 3 is 2.48 bits per heavy atom. The van der Waals surface area contributed by atoms with Gasteiger partial charge < -0.3 is 4.42 Å². The van der Waals surface area contributed by atoms with Gasteiger partial charge in [0.1, 0.15) is 11.3 Å². The second kappa shape index (κ2) is 5.22. The fraction of sp³-hybridized carbons (Fsp3) is 0.125. The second-order valence-electron chi connectivity index (χ2n) is 4.75. The number of hydrogen-bond acceptors (Lipinski definition) is 1. The summed E-state index contributed by atoms with van der Waals surface area (Å²) in [6.45, 7) is 0. The van der Waals surface area contributed by atoms with Crippen molar-refractivity contribution in [2.75, 3.05) is 0 Å². The molecule has 0 spiro atoms. The molecule has 21 heavy (non-hydrogen) atoms. The lowest BCUT2D eigenvalue weighted by molar-refractivity contribution is -0.137. The maximum atomic E-state index is 12.7. The van der Waals surface area contributed by atoms with Gasteiger partial charge in [-0.3, -0.25) is 0 Å². The summed E-state index contributed by atoms with van der Waals surface area (Å²) >= 11 is 3.39. The molecule has 0 aliphatic rings. The van der Waals surface area contributed by atoms with Gasteiger partial charge in [-0.05, 0) is 39.7 Å². The van der Waals surface area contributed by atoms with Crippen molar-refractivity contribution in [1.29, 1.82) is 0 Å². The normalized spacial score (nSPS) is 12.0. The lowest BCUT2D eigenvalue weighted by Gasteiger charge is -2.07. The lowest BCUT2D eigenvalue weighted by atomic mass is 10.1. The number of alkyl halides is 3. The Morgan fingerprint density at radius 1 is 1.00 bits per heavy atom. The van der Waals surface area contributed by atoms with Crippen molar-refractivity contribution < 1.29 is 17.6 Å². The standard InChI is InChI=1S/C16H10BrF3O/c17-14-6-2-4-11-9-13(21-15(11)14)8-10-3-1-5-12(7-10)16(18,19)20/h1-7,9H,8H2. The minimum Gasteiger partial charge on any atom is -0.460 e. The summed E-state index contributed by atoms with van der Waals surface area (Å²) in [4.78, 5) is 0. The molecule has 2 aromatic carbocycles. The fourth-order valence-corrected chi connectivity index (χ4v) is 2.69. The molecular weight excluding hydrogens is 345 g/mol. The van der Waals surface area contributed by atoms with Crippen molar-refractivity contribution in [1.82, 2.24) is 0 Å². The molecule has 0 saturated heterocycles. The maximum Gasteiger partial charge on any atom is 0.416 e. The van der Waals surface area contributed by atoms with Gasteiger partial charge in [-0.1, -0.05) is 30.3 Å². The molecule has 108 valence electrons. The third kappa shape index (κ3) is 2.97. The fourth-order valence-electron chi connectivity index (χ4n) is 2.23. The Balaban J connectivity index is 1.93. The van der Waals surface area contributed by atoms with Crippen LogP contribution in [-0.4, -0.2) is 0 Å². The third-order valence-electron chi connectivity index (χ3n) is 3.18. The van der Waals surface area contributed by atoms with E-state index >= 15 is 0 Å². The summed E-state index contributed by atoms with van der Waals surface area (Å²) in [5.74, 6) is 0.635. The van der Waals surface area contributed by atoms with Crippen LogP contribution in [0.25, 0.3) is 11.0 Å². The Kier molecular flexibility index (Phi) is 3.53. The molecule has 0 N–H and O–H groups in total. The number of rotatable bonds is 2. The van der Waals surface area contributed by atoms with Gasteiger partial charge in [0.25, 0.3) is 0 Å². The van der Waals surface area contributed by atoms with Crippen LogP contribution < -0.4 is 0 Å². The van der Waals surface area contributed by atoms with Gasteiger partial charge in [-0.2, -0.15) is 13.2 Å². The SMILES string of the molecule is FC(F)(F)c1cccc(Cc2cc3cccc(Br)c3o2)c1. The van der Waals surface area contributed by atoms with Crippen molar-refractivity contribution in [2.24, 2.45) is 0 Å². The minimum atomic E-state index is -4.33. The van der Waals surface area contributed by atoms with Crippen LogP contribution in [0.3, 0.4) is 0 Å². The number of halogens is 4. The van der Waals surface area contributed by atoms with Crippen molar-refractivity contribution >= 4 is 26.9 Å². The van der Waals surface area contributed by atoms with Crippen LogP contribution in [0.1, 0.15) is 16.9 Å². The van der Waals surface area contributed by atoms with Gasteiger partial charge in [0.15, 0.2) is 0 Å². The highest BCUT2D eigenvalue weighted by molar-refractivity contribution is 9.10. The van der Waals surface area contributed by atoms with Crippen LogP contribution in [0.4, 0.5) is 13.2 Å². The van der Waals surface area contributed by atoms with Crippen LogP contribution >= 0.6 is 15.9 Å². The molecule has 1 nitrogen and oxygen atoms in total. The molecular formula is C16H10BrF3O. The number of fused-ring (bicyclic) bond motifs is 1. The molecule has 0 fully saturated rings. The van der Waals surface area contributed by atoms with E-state index < -0.39 is 11.7 Å². The summed E-state index contributed by atoms with van der Waals surface area (Å²) in [5, 5.41) is 0.923. The second-order valence-corrected chi connectivity index (χ2v) is 5.60. The van der Waals surface area contributed by atoms with E-state index in [2.05, 4.69) is 15.9 Å². The molecule has 3 rings (SSSR count). The average molecular weight is 355 g/mol. The zero-order valence-corrected chi connectivity index (χ0v) is 12.3. The molecule has 3 aromatic rings. The van der Waals surface area contributed by atoms with Gasteiger partial charge in [0.05, 0.1) is 10.0 Å². The van der Waals surface area contributed by atoms with Crippen molar-refractivity contribution in [3.05, 3.63) is 69.9 Å². The minimum absolute atomic E-state index is 0.324. The molecule has 0 unspecified atom stereocenters. The Bertz CT molecular complexity index is 790. The molecule has 0 aliphatic carbocycles. The van der Waals surface area contributed by atoms with Crippen LogP contribution in [0, 0.1) is 0 Å². The van der Waals surface area contributed by atoms with Gasteiger partial charge in [-0.25, -0.2) is 0 Å². The Morgan fingerprint density at radius 2 is 1.76 bits per heavy atom. The highest BCUT2D eigenvalue weighted by Crippen LogP contribution is 2.31. The highest BCUT2D eigenvalue weighted by Gasteiger charge is 2.30. The Labute approximate surface area is 127 Å². The topological polar surface area (TPSA) is 13.1 Å². The zero-order chi connectivity index (χ0) is 15.0. The van der Waals surface area contributed by atoms with Crippen LogP contribution in [0.2, 0.25) is 0 Å². The molecule has 0 radical (unpaired) electrons. The third-order valence-corrected chi connectivity index (χ3v) is 3.80. The van der Waals surface area contributed by atoms with Gasteiger partial charge in [-0.15, -0.1) is 0 Å². The van der Waals surface area contributed by atoms with Crippen molar-refractivity contribution in [3.63, 3.8) is 0 Å². The van der Waals surface area contributed by atoms with E-state index in [0.29, 0.717) is 23.3 Å². The number of furan rings is 1. The van der Waals surface area contributed by atoms with E-state index in [1.54, 1.807) is 6.07 Å².